The number of hydrogen-bond acceptors (Lipinski definition) is 3. The van der Waals surface area contributed by atoms with Gasteiger partial charge in [0.05, 0.1) is 11.3 Å². The molecule has 0 aliphatic heterocycles. The van der Waals surface area contributed by atoms with E-state index in [1.807, 2.05) is 30.3 Å². The molecule has 0 aliphatic carbocycles. The predicted molar refractivity (Wildman–Crippen MR) is 73.2 cm³/mol. The van der Waals surface area contributed by atoms with Gasteiger partial charge in [0.1, 0.15) is 0 Å². The molecule has 0 radical (unpaired) electrons. The fraction of sp³-hybridized carbons (Fsp3) is 0. The standard InChI is InChI=1S/C14H13N3O2/c15-13(18)9-6-7-11(14(16)19)12(8-9)17-10-4-2-1-3-5-10/h1-8,17H,(H2,15,18)(H2,16,19). The van der Waals surface area contributed by atoms with Crippen LogP contribution in [-0.4, -0.2) is 11.8 Å². The molecule has 0 saturated carbocycles. The van der Waals surface area contributed by atoms with Crippen molar-refractivity contribution in [2.75, 3.05) is 5.32 Å². The van der Waals surface area contributed by atoms with E-state index in [1.165, 1.54) is 18.2 Å². The highest BCUT2D eigenvalue weighted by Gasteiger charge is 2.11. The maximum atomic E-state index is 11.4. The zero-order valence-electron chi connectivity index (χ0n) is 10.1. The minimum Gasteiger partial charge on any atom is -0.366 e. The Morgan fingerprint density at radius 3 is 2.16 bits per heavy atom. The van der Waals surface area contributed by atoms with Crippen LogP contribution >= 0.6 is 0 Å². The Labute approximate surface area is 110 Å². The summed E-state index contributed by atoms with van der Waals surface area (Å²) in [6.45, 7) is 0. The van der Waals surface area contributed by atoms with E-state index >= 15 is 0 Å². The van der Waals surface area contributed by atoms with Gasteiger partial charge in [-0.1, -0.05) is 18.2 Å². The minimum atomic E-state index is -0.575. The number of amides is 2. The lowest BCUT2D eigenvalue weighted by Crippen LogP contribution is -2.16. The molecule has 0 aliphatic rings. The van der Waals surface area contributed by atoms with Gasteiger partial charge in [-0.05, 0) is 30.3 Å². The molecule has 0 aromatic heterocycles. The smallest absolute Gasteiger partial charge is 0.250 e. The molecule has 2 aromatic rings. The first-order chi connectivity index (χ1) is 9.08. The number of carbonyl (C=O) groups excluding carboxylic acids is 2. The van der Waals surface area contributed by atoms with Gasteiger partial charge >= 0.3 is 0 Å². The lowest BCUT2D eigenvalue weighted by molar-refractivity contribution is 0.0989. The second-order valence-electron chi connectivity index (χ2n) is 3.98. The molecule has 0 atom stereocenters. The Morgan fingerprint density at radius 2 is 1.58 bits per heavy atom. The van der Waals surface area contributed by atoms with Crippen LogP contribution in [0.3, 0.4) is 0 Å². The van der Waals surface area contributed by atoms with Crippen molar-refractivity contribution in [2.24, 2.45) is 11.5 Å². The first-order valence-corrected chi connectivity index (χ1v) is 5.63. The van der Waals surface area contributed by atoms with E-state index in [1.54, 1.807) is 0 Å². The third-order valence-electron chi connectivity index (χ3n) is 2.62. The molecule has 0 spiro atoms. The maximum absolute atomic E-state index is 11.4. The molecule has 0 unspecified atom stereocenters. The topological polar surface area (TPSA) is 98.2 Å². The van der Waals surface area contributed by atoms with Crippen LogP contribution in [0.25, 0.3) is 0 Å². The van der Waals surface area contributed by atoms with Gasteiger partial charge in [0.2, 0.25) is 5.91 Å². The molecule has 96 valence electrons. The lowest BCUT2D eigenvalue weighted by atomic mass is 10.1. The molecular weight excluding hydrogens is 242 g/mol. The van der Waals surface area contributed by atoms with Crippen LogP contribution in [0.1, 0.15) is 20.7 Å². The second-order valence-corrected chi connectivity index (χ2v) is 3.98. The molecule has 2 amide bonds. The van der Waals surface area contributed by atoms with Gasteiger partial charge in [-0.25, -0.2) is 0 Å². The van der Waals surface area contributed by atoms with Gasteiger partial charge in [0.25, 0.3) is 5.91 Å². The van der Waals surface area contributed by atoms with Gasteiger partial charge in [-0.15, -0.1) is 0 Å². The van der Waals surface area contributed by atoms with Crippen molar-refractivity contribution >= 4 is 23.2 Å². The fourth-order valence-electron chi connectivity index (χ4n) is 1.69. The quantitative estimate of drug-likeness (QED) is 0.774. The average molecular weight is 255 g/mol. The van der Waals surface area contributed by atoms with Crippen molar-refractivity contribution in [3.05, 3.63) is 59.7 Å². The van der Waals surface area contributed by atoms with E-state index < -0.39 is 11.8 Å². The first-order valence-electron chi connectivity index (χ1n) is 5.63. The normalized spacial score (nSPS) is 9.89. The monoisotopic (exact) mass is 255 g/mol. The van der Waals surface area contributed by atoms with E-state index in [-0.39, 0.29) is 0 Å². The Hall–Kier alpha value is -2.82. The minimum absolute atomic E-state index is 0.300. The van der Waals surface area contributed by atoms with Crippen LogP contribution in [0.4, 0.5) is 11.4 Å². The number of benzene rings is 2. The Balaban J connectivity index is 2.43. The molecule has 0 bridgehead atoms. The zero-order valence-corrected chi connectivity index (χ0v) is 10.1. The summed E-state index contributed by atoms with van der Waals surface area (Å²) in [4.78, 5) is 22.5. The van der Waals surface area contributed by atoms with E-state index in [0.717, 1.165) is 5.69 Å². The molecular formula is C14H13N3O2. The van der Waals surface area contributed by atoms with Crippen LogP contribution in [0.2, 0.25) is 0 Å². The predicted octanol–water partition coefficient (Wildman–Crippen LogP) is 1.63. The van der Waals surface area contributed by atoms with Crippen LogP contribution in [0, 0.1) is 0 Å². The van der Waals surface area contributed by atoms with Crippen molar-refractivity contribution in [3.63, 3.8) is 0 Å². The van der Waals surface area contributed by atoms with Crippen LogP contribution in [-0.2, 0) is 0 Å². The Morgan fingerprint density at radius 1 is 0.895 bits per heavy atom. The van der Waals surface area contributed by atoms with Crippen LogP contribution in [0.5, 0.6) is 0 Å². The van der Waals surface area contributed by atoms with Gasteiger partial charge in [0.15, 0.2) is 0 Å². The second kappa shape index (κ2) is 5.22. The van der Waals surface area contributed by atoms with Crippen molar-refractivity contribution < 1.29 is 9.59 Å². The van der Waals surface area contributed by atoms with Crippen molar-refractivity contribution in [1.82, 2.24) is 0 Å². The van der Waals surface area contributed by atoms with E-state index in [9.17, 15) is 9.59 Å². The van der Waals surface area contributed by atoms with Gasteiger partial charge in [-0.2, -0.15) is 0 Å². The molecule has 5 N–H and O–H groups in total. The molecule has 2 rings (SSSR count). The summed E-state index contributed by atoms with van der Waals surface area (Å²) in [5.41, 5.74) is 12.4. The summed E-state index contributed by atoms with van der Waals surface area (Å²) in [6.07, 6.45) is 0. The molecule has 0 fully saturated rings. The maximum Gasteiger partial charge on any atom is 0.250 e. The molecule has 5 heteroatoms. The molecule has 0 saturated heterocycles. The number of rotatable bonds is 4. The average Bonchev–Trinajstić information content (AvgIpc) is 2.39. The molecule has 0 heterocycles. The number of nitrogens with one attached hydrogen (secondary N) is 1. The Kier molecular flexibility index (Phi) is 3.47. The summed E-state index contributed by atoms with van der Waals surface area (Å²) in [5.74, 6) is -1.14. The highest BCUT2D eigenvalue weighted by atomic mass is 16.1. The van der Waals surface area contributed by atoms with E-state index in [0.29, 0.717) is 16.8 Å². The summed E-state index contributed by atoms with van der Waals surface area (Å²) < 4.78 is 0. The molecule has 5 nitrogen and oxygen atoms in total. The van der Waals surface area contributed by atoms with Crippen molar-refractivity contribution in [1.29, 1.82) is 0 Å². The molecule has 2 aromatic carbocycles. The largest absolute Gasteiger partial charge is 0.366 e. The summed E-state index contributed by atoms with van der Waals surface area (Å²) in [7, 11) is 0. The third-order valence-corrected chi connectivity index (χ3v) is 2.62. The number of hydrogen-bond donors (Lipinski definition) is 3. The zero-order chi connectivity index (χ0) is 13.8. The number of primary amides is 2. The van der Waals surface area contributed by atoms with Gasteiger partial charge in [-0.3, -0.25) is 9.59 Å². The van der Waals surface area contributed by atoms with Gasteiger partial charge in [0, 0.05) is 11.3 Å². The van der Waals surface area contributed by atoms with E-state index in [4.69, 9.17) is 11.5 Å². The highest BCUT2D eigenvalue weighted by molar-refractivity contribution is 6.02. The number of anilines is 2. The van der Waals surface area contributed by atoms with E-state index in [2.05, 4.69) is 5.32 Å². The fourth-order valence-corrected chi connectivity index (χ4v) is 1.69. The summed E-state index contributed by atoms with van der Waals surface area (Å²) in [5, 5.41) is 3.04. The number of para-hydroxylation sites is 1. The molecule has 19 heavy (non-hydrogen) atoms. The lowest BCUT2D eigenvalue weighted by Gasteiger charge is -2.11. The van der Waals surface area contributed by atoms with Gasteiger partial charge < -0.3 is 16.8 Å². The summed E-state index contributed by atoms with van der Waals surface area (Å²) >= 11 is 0. The van der Waals surface area contributed by atoms with Crippen LogP contribution in [0.15, 0.2) is 48.5 Å². The first kappa shape index (κ1) is 12.6. The summed E-state index contributed by atoms with van der Waals surface area (Å²) in [6, 6.07) is 13.7. The third kappa shape index (κ3) is 2.90. The Bertz CT molecular complexity index is 624. The number of carbonyl (C=O) groups is 2. The highest BCUT2D eigenvalue weighted by Crippen LogP contribution is 2.22. The number of nitrogens with two attached hydrogens (primary N) is 2. The SMILES string of the molecule is NC(=O)c1ccc(C(N)=O)c(Nc2ccccc2)c1. The van der Waals surface area contributed by atoms with Crippen LogP contribution < -0.4 is 16.8 Å². The van der Waals surface area contributed by atoms with Crippen molar-refractivity contribution in [2.45, 2.75) is 0 Å². The van der Waals surface area contributed by atoms with Crippen molar-refractivity contribution in [3.8, 4) is 0 Å².